The van der Waals surface area contributed by atoms with Crippen LogP contribution in [0.3, 0.4) is 0 Å². The zero-order valence-electron chi connectivity index (χ0n) is 16.6. The van der Waals surface area contributed by atoms with E-state index in [-0.39, 0.29) is 30.3 Å². The number of nitro groups is 1. The second kappa shape index (κ2) is 9.14. The molecule has 2 aromatic carbocycles. The van der Waals surface area contributed by atoms with Crippen molar-refractivity contribution in [3.8, 4) is 5.75 Å². The molecule has 1 aliphatic rings. The van der Waals surface area contributed by atoms with Crippen molar-refractivity contribution < 1.29 is 14.4 Å². The Labute approximate surface area is 182 Å². The minimum Gasteiger partial charge on any atom is -0.467 e. The van der Waals surface area contributed by atoms with E-state index in [9.17, 15) is 10.1 Å². The summed E-state index contributed by atoms with van der Waals surface area (Å²) in [5.74, 6) is 2.09. The Balaban J connectivity index is 1.52. The van der Waals surface area contributed by atoms with Crippen LogP contribution < -0.4 is 15.8 Å². The first-order chi connectivity index (χ1) is 15.0. The van der Waals surface area contributed by atoms with E-state index in [1.54, 1.807) is 0 Å². The molecule has 11 heteroatoms. The lowest BCUT2D eigenvalue weighted by molar-refractivity contribution is -0.385. The fourth-order valence-corrected chi connectivity index (χ4v) is 3.98. The lowest BCUT2D eigenvalue weighted by Crippen LogP contribution is -2.13. The Morgan fingerprint density at radius 1 is 1.26 bits per heavy atom. The number of aromatic nitrogens is 3. The number of thioether (sulfide) groups is 1. The molecule has 0 saturated heterocycles. The Morgan fingerprint density at radius 3 is 2.84 bits per heavy atom. The summed E-state index contributed by atoms with van der Waals surface area (Å²) in [4.78, 5) is 23.8. The summed E-state index contributed by atoms with van der Waals surface area (Å²) in [6.45, 7) is 2.35. The van der Waals surface area contributed by atoms with Gasteiger partial charge in [-0.1, -0.05) is 18.2 Å². The summed E-state index contributed by atoms with van der Waals surface area (Å²) in [5.41, 5.74) is 8.13. The highest BCUT2D eigenvalue weighted by Crippen LogP contribution is 2.38. The second-order valence-corrected chi connectivity index (χ2v) is 8.11. The van der Waals surface area contributed by atoms with Crippen LogP contribution in [0.2, 0.25) is 0 Å². The predicted octanol–water partition coefficient (Wildman–Crippen LogP) is 3.97. The molecular weight excluding hydrogens is 420 g/mol. The monoisotopic (exact) mass is 440 g/mol. The zero-order valence-corrected chi connectivity index (χ0v) is 17.5. The number of nitrogens with two attached hydrogens (primary N) is 1. The molecule has 3 N–H and O–H groups in total. The van der Waals surface area contributed by atoms with Crippen LogP contribution in [0.4, 0.5) is 23.3 Å². The van der Waals surface area contributed by atoms with Crippen LogP contribution in [0.5, 0.6) is 5.75 Å². The molecule has 4 rings (SSSR count). The maximum atomic E-state index is 11.3. The second-order valence-electron chi connectivity index (χ2n) is 6.78. The number of anilines is 3. The quantitative estimate of drug-likeness (QED) is 0.410. The van der Waals surface area contributed by atoms with E-state index in [1.165, 1.54) is 23.9 Å². The Hall–Kier alpha value is -3.44. The van der Waals surface area contributed by atoms with Gasteiger partial charge in [0.25, 0.3) is 5.69 Å². The van der Waals surface area contributed by atoms with Gasteiger partial charge in [-0.3, -0.25) is 10.1 Å². The van der Waals surface area contributed by atoms with Gasteiger partial charge in [-0.25, -0.2) is 0 Å². The summed E-state index contributed by atoms with van der Waals surface area (Å²) in [6.07, 6.45) is 0. The van der Waals surface area contributed by atoms with Crippen LogP contribution in [0.1, 0.15) is 29.1 Å². The van der Waals surface area contributed by atoms with Gasteiger partial charge in [-0.15, -0.1) is 11.8 Å². The summed E-state index contributed by atoms with van der Waals surface area (Å²) in [6, 6.07) is 12.5. The first kappa shape index (κ1) is 20.8. The van der Waals surface area contributed by atoms with Crippen molar-refractivity contribution in [3.63, 3.8) is 0 Å². The fraction of sp³-hybridized carbons (Fsp3) is 0.250. The molecule has 0 aliphatic carbocycles. The number of nitrogen functional groups attached to an aromatic ring is 1. The normalized spacial score (nSPS) is 13.7. The van der Waals surface area contributed by atoms with Crippen molar-refractivity contribution in [2.45, 2.75) is 24.5 Å². The summed E-state index contributed by atoms with van der Waals surface area (Å²) in [5, 5.41) is 14.3. The van der Waals surface area contributed by atoms with Crippen LogP contribution >= 0.6 is 11.8 Å². The first-order valence-corrected chi connectivity index (χ1v) is 10.5. The molecular formula is C20H20N6O4S. The van der Waals surface area contributed by atoms with Crippen LogP contribution in [-0.2, 0) is 17.1 Å². The number of non-ortho nitro benzene ring substituents is 1. The molecule has 0 spiro atoms. The standard InChI is InChI=1S/C20H20N6O4S/c1-12(18-23-19(21)25-20(24-18)22-15-5-3-2-4-6-15)31-10-14-8-16(26(27)28)7-13-9-29-11-30-17(13)14/h2-8,12H,9-11H2,1H3,(H3,21,22,23,24,25). The number of para-hydroxylation sites is 1. The number of benzene rings is 2. The number of nitro benzene ring substituents is 1. The molecule has 31 heavy (non-hydrogen) atoms. The Bertz CT molecular complexity index is 1100. The maximum absolute atomic E-state index is 11.3. The van der Waals surface area contributed by atoms with Gasteiger partial charge >= 0.3 is 0 Å². The Morgan fingerprint density at radius 2 is 2.06 bits per heavy atom. The van der Waals surface area contributed by atoms with Crippen LogP contribution in [0, 0.1) is 10.1 Å². The number of fused-ring (bicyclic) bond motifs is 1. The van der Waals surface area contributed by atoms with E-state index >= 15 is 0 Å². The molecule has 2 heterocycles. The number of ether oxygens (including phenoxy) is 2. The van der Waals surface area contributed by atoms with Gasteiger partial charge in [-0.05, 0) is 19.1 Å². The molecule has 160 valence electrons. The Kier molecular flexibility index (Phi) is 6.14. The molecule has 0 bridgehead atoms. The summed E-state index contributed by atoms with van der Waals surface area (Å²) >= 11 is 1.52. The number of nitrogens with zero attached hydrogens (tertiary/aromatic N) is 4. The molecule has 3 aromatic rings. The van der Waals surface area contributed by atoms with Crippen molar-refractivity contribution >= 4 is 35.0 Å². The number of hydrogen-bond donors (Lipinski definition) is 2. The third-order valence-electron chi connectivity index (χ3n) is 4.53. The van der Waals surface area contributed by atoms with Gasteiger partial charge in [0.1, 0.15) is 11.6 Å². The van der Waals surface area contributed by atoms with E-state index in [0.717, 1.165) is 11.3 Å². The van der Waals surface area contributed by atoms with Gasteiger partial charge in [0, 0.05) is 34.7 Å². The van der Waals surface area contributed by atoms with Gasteiger partial charge in [0.05, 0.1) is 16.8 Å². The third-order valence-corrected chi connectivity index (χ3v) is 5.72. The predicted molar refractivity (Wildman–Crippen MR) is 117 cm³/mol. The van der Waals surface area contributed by atoms with E-state index in [2.05, 4.69) is 20.3 Å². The van der Waals surface area contributed by atoms with E-state index < -0.39 is 4.92 Å². The number of rotatable bonds is 7. The average Bonchev–Trinajstić information content (AvgIpc) is 2.77. The highest BCUT2D eigenvalue weighted by molar-refractivity contribution is 7.98. The van der Waals surface area contributed by atoms with Crippen molar-refractivity contribution in [2.24, 2.45) is 0 Å². The first-order valence-electron chi connectivity index (χ1n) is 9.45. The van der Waals surface area contributed by atoms with E-state index in [4.69, 9.17) is 15.2 Å². The van der Waals surface area contributed by atoms with Crippen molar-refractivity contribution in [1.82, 2.24) is 15.0 Å². The molecule has 1 aromatic heterocycles. The summed E-state index contributed by atoms with van der Waals surface area (Å²) < 4.78 is 10.9. The van der Waals surface area contributed by atoms with Gasteiger partial charge in [0.15, 0.2) is 6.79 Å². The smallest absolute Gasteiger partial charge is 0.270 e. The van der Waals surface area contributed by atoms with E-state index in [0.29, 0.717) is 28.8 Å². The molecule has 10 nitrogen and oxygen atoms in total. The van der Waals surface area contributed by atoms with Crippen molar-refractivity contribution in [3.05, 3.63) is 69.5 Å². The SMILES string of the molecule is CC(SCc1cc([N+](=O)[O-])cc2c1OCOC2)c1nc(N)nc(Nc2ccccc2)n1. The fourth-order valence-electron chi connectivity index (χ4n) is 3.08. The number of nitrogens with one attached hydrogen (secondary N) is 1. The van der Waals surface area contributed by atoms with Crippen LogP contribution in [0.15, 0.2) is 42.5 Å². The molecule has 0 amide bonds. The van der Waals surface area contributed by atoms with Gasteiger partial charge in [0.2, 0.25) is 11.9 Å². The largest absolute Gasteiger partial charge is 0.467 e. The highest BCUT2D eigenvalue weighted by Gasteiger charge is 2.22. The minimum absolute atomic E-state index is 0.00913. The van der Waals surface area contributed by atoms with Crippen molar-refractivity contribution in [1.29, 1.82) is 0 Å². The zero-order chi connectivity index (χ0) is 21.8. The van der Waals surface area contributed by atoms with Gasteiger partial charge < -0.3 is 20.5 Å². The number of hydrogen-bond acceptors (Lipinski definition) is 10. The van der Waals surface area contributed by atoms with Crippen LogP contribution in [-0.4, -0.2) is 26.7 Å². The summed E-state index contributed by atoms with van der Waals surface area (Å²) in [7, 11) is 0. The topological polar surface area (TPSA) is 138 Å². The molecule has 1 atom stereocenters. The molecule has 0 radical (unpaired) electrons. The highest BCUT2D eigenvalue weighted by atomic mass is 32.2. The lowest BCUT2D eigenvalue weighted by Gasteiger charge is -2.21. The molecule has 1 aliphatic heterocycles. The van der Waals surface area contributed by atoms with Crippen molar-refractivity contribution in [2.75, 3.05) is 17.8 Å². The average molecular weight is 440 g/mol. The van der Waals surface area contributed by atoms with E-state index in [1.807, 2.05) is 37.3 Å². The lowest BCUT2D eigenvalue weighted by atomic mass is 10.1. The van der Waals surface area contributed by atoms with Gasteiger partial charge in [-0.2, -0.15) is 15.0 Å². The maximum Gasteiger partial charge on any atom is 0.270 e. The molecule has 1 unspecified atom stereocenters. The third kappa shape index (κ3) is 5.01. The minimum atomic E-state index is -0.416. The van der Waals surface area contributed by atoms with Crippen LogP contribution in [0.25, 0.3) is 0 Å². The molecule has 0 saturated carbocycles. The molecule has 0 fully saturated rings.